The van der Waals surface area contributed by atoms with Gasteiger partial charge in [0.15, 0.2) is 0 Å². The van der Waals surface area contributed by atoms with E-state index in [1.807, 2.05) is 0 Å². The Hall–Kier alpha value is -2.26. The standard InChI is InChI=1S/C12H14N2O6S/c1-4-8(2)13-21(18,19)11-6-5-9(14(16)17)7-10(11)12(15)20-3/h4-8,13H,1H2,2-3H3. The van der Waals surface area contributed by atoms with E-state index < -0.39 is 43.1 Å². The predicted molar refractivity (Wildman–Crippen MR) is 74.4 cm³/mol. The topological polar surface area (TPSA) is 116 Å². The molecule has 0 radical (unpaired) electrons. The maximum Gasteiger partial charge on any atom is 0.339 e. The van der Waals surface area contributed by atoms with Gasteiger partial charge in [-0.3, -0.25) is 10.1 Å². The van der Waals surface area contributed by atoms with E-state index >= 15 is 0 Å². The molecule has 0 saturated carbocycles. The normalized spacial score (nSPS) is 12.5. The van der Waals surface area contributed by atoms with E-state index in [1.165, 1.54) is 6.08 Å². The first-order valence-corrected chi connectivity index (χ1v) is 7.23. The molecule has 1 rings (SSSR count). The summed E-state index contributed by atoms with van der Waals surface area (Å²) in [5.41, 5.74) is -0.818. The summed E-state index contributed by atoms with van der Waals surface area (Å²) >= 11 is 0. The van der Waals surface area contributed by atoms with Gasteiger partial charge in [-0.25, -0.2) is 17.9 Å². The van der Waals surface area contributed by atoms with Crippen LogP contribution in [0.15, 0.2) is 35.7 Å². The second-order valence-corrected chi connectivity index (χ2v) is 5.76. The van der Waals surface area contributed by atoms with Crippen LogP contribution in [-0.2, 0) is 14.8 Å². The summed E-state index contributed by atoms with van der Waals surface area (Å²) in [6, 6.07) is 2.27. The predicted octanol–water partition coefficient (Wildman–Crippen LogP) is 1.23. The van der Waals surface area contributed by atoms with Gasteiger partial charge in [0.05, 0.1) is 22.5 Å². The van der Waals surface area contributed by atoms with Gasteiger partial charge in [0.25, 0.3) is 5.69 Å². The van der Waals surface area contributed by atoms with Crippen molar-refractivity contribution in [1.82, 2.24) is 4.72 Å². The number of esters is 1. The Bertz CT molecular complexity index is 683. The second kappa shape index (κ2) is 6.46. The lowest BCUT2D eigenvalue weighted by Crippen LogP contribution is -2.32. The van der Waals surface area contributed by atoms with E-state index in [2.05, 4.69) is 16.0 Å². The number of methoxy groups -OCH3 is 1. The molecule has 1 aromatic rings. The Labute approximate surface area is 121 Å². The van der Waals surface area contributed by atoms with Crippen LogP contribution in [0.4, 0.5) is 5.69 Å². The number of rotatable bonds is 6. The molecule has 114 valence electrons. The number of nitrogens with zero attached hydrogens (tertiary/aromatic N) is 1. The molecule has 0 aromatic heterocycles. The number of sulfonamides is 1. The van der Waals surface area contributed by atoms with Crippen molar-refractivity contribution >= 4 is 21.7 Å². The molecule has 0 amide bonds. The van der Waals surface area contributed by atoms with Gasteiger partial charge in [-0.15, -0.1) is 6.58 Å². The lowest BCUT2D eigenvalue weighted by Gasteiger charge is -2.12. The molecule has 0 aliphatic heterocycles. The van der Waals surface area contributed by atoms with Crippen LogP contribution in [0.25, 0.3) is 0 Å². The Morgan fingerprint density at radius 1 is 1.52 bits per heavy atom. The quantitative estimate of drug-likeness (QED) is 0.365. The molecule has 9 heteroatoms. The maximum atomic E-state index is 12.2. The van der Waals surface area contributed by atoms with E-state index in [-0.39, 0.29) is 0 Å². The van der Waals surface area contributed by atoms with E-state index in [0.29, 0.717) is 0 Å². The minimum absolute atomic E-state index is 0.395. The first kappa shape index (κ1) is 16.8. The molecule has 8 nitrogen and oxygen atoms in total. The third-order valence-corrected chi connectivity index (χ3v) is 4.18. The van der Waals surface area contributed by atoms with Crippen molar-refractivity contribution in [1.29, 1.82) is 0 Å². The maximum absolute atomic E-state index is 12.2. The SMILES string of the molecule is C=CC(C)NS(=O)(=O)c1ccc([N+](=O)[O-])cc1C(=O)OC. The molecule has 0 saturated heterocycles. The van der Waals surface area contributed by atoms with Crippen LogP contribution in [0.3, 0.4) is 0 Å². The minimum Gasteiger partial charge on any atom is -0.465 e. The van der Waals surface area contributed by atoms with Crippen LogP contribution in [0.5, 0.6) is 0 Å². The number of ether oxygens (including phenoxy) is 1. The molecular formula is C12H14N2O6S. The smallest absolute Gasteiger partial charge is 0.339 e. The van der Waals surface area contributed by atoms with Crippen LogP contribution in [0.2, 0.25) is 0 Å². The molecule has 0 spiro atoms. The Morgan fingerprint density at radius 2 is 2.14 bits per heavy atom. The fourth-order valence-electron chi connectivity index (χ4n) is 1.49. The molecule has 0 fully saturated rings. The third-order valence-electron chi connectivity index (χ3n) is 2.56. The van der Waals surface area contributed by atoms with Crippen molar-refractivity contribution in [3.8, 4) is 0 Å². The highest BCUT2D eigenvalue weighted by atomic mass is 32.2. The molecule has 0 heterocycles. The summed E-state index contributed by atoms with van der Waals surface area (Å²) in [5, 5.41) is 10.7. The molecule has 1 unspecified atom stereocenters. The Balaban J connectivity index is 3.44. The number of non-ortho nitro benzene ring substituents is 1. The summed E-state index contributed by atoms with van der Waals surface area (Å²) in [6.45, 7) is 4.99. The zero-order valence-electron chi connectivity index (χ0n) is 11.4. The van der Waals surface area contributed by atoms with Gasteiger partial charge in [-0.1, -0.05) is 6.08 Å². The third kappa shape index (κ3) is 3.86. The summed E-state index contributed by atoms with van der Waals surface area (Å²) in [4.78, 5) is 21.2. The lowest BCUT2D eigenvalue weighted by atomic mass is 10.2. The number of carbonyl (C=O) groups is 1. The van der Waals surface area contributed by atoms with Gasteiger partial charge in [0.2, 0.25) is 10.0 Å². The van der Waals surface area contributed by atoms with Gasteiger partial charge < -0.3 is 4.74 Å². The van der Waals surface area contributed by atoms with E-state index in [9.17, 15) is 23.3 Å². The fraction of sp³-hybridized carbons (Fsp3) is 0.250. The zero-order chi connectivity index (χ0) is 16.2. The number of benzene rings is 1. The largest absolute Gasteiger partial charge is 0.465 e. The number of nitro groups is 1. The van der Waals surface area contributed by atoms with Crippen LogP contribution in [0.1, 0.15) is 17.3 Å². The van der Waals surface area contributed by atoms with Crippen LogP contribution < -0.4 is 4.72 Å². The minimum atomic E-state index is -4.04. The van der Waals surface area contributed by atoms with Gasteiger partial charge in [-0.05, 0) is 13.0 Å². The zero-order valence-corrected chi connectivity index (χ0v) is 12.2. The van der Waals surface area contributed by atoms with Gasteiger partial charge >= 0.3 is 5.97 Å². The summed E-state index contributed by atoms with van der Waals surface area (Å²) < 4.78 is 31.1. The van der Waals surface area contributed by atoms with Crippen molar-refractivity contribution in [2.24, 2.45) is 0 Å². The first-order valence-electron chi connectivity index (χ1n) is 5.74. The molecule has 1 atom stereocenters. The Kier molecular flexibility index (Phi) is 5.17. The molecule has 1 N–H and O–H groups in total. The van der Waals surface area contributed by atoms with Crippen molar-refractivity contribution in [3.05, 3.63) is 46.5 Å². The van der Waals surface area contributed by atoms with E-state index in [1.54, 1.807) is 6.92 Å². The van der Waals surface area contributed by atoms with Crippen LogP contribution in [-0.4, -0.2) is 32.5 Å². The molecule has 1 aromatic carbocycles. The Morgan fingerprint density at radius 3 is 2.62 bits per heavy atom. The summed E-state index contributed by atoms with van der Waals surface area (Å²) in [5.74, 6) is -0.981. The number of hydrogen-bond acceptors (Lipinski definition) is 6. The second-order valence-electron chi connectivity index (χ2n) is 4.07. The summed E-state index contributed by atoms with van der Waals surface area (Å²) in [6.07, 6.45) is 1.36. The first-order chi connectivity index (χ1) is 9.72. The molecular weight excluding hydrogens is 300 g/mol. The fourth-order valence-corrected chi connectivity index (χ4v) is 2.88. The summed E-state index contributed by atoms with van der Waals surface area (Å²) in [7, 11) is -2.99. The van der Waals surface area contributed by atoms with Crippen molar-refractivity contribution in [2.75, 3.05) is 7.11 Å². The average Bonchev–Trinajstić information content (AvgIpc) is 2.44. The van der Waals surface area contributed by atoms with Crippen molar-refractivity contribution in [3.63, 3.8) is 0 Å². The number of nitrogens with one attached hydrogen (secondary N) is 1. The van der Waals surface area contributed by atoms with E-state index in [4.69, 9.17) is 0 Å². The van der Waals surface area contributed by atoms with Crippen molar-refractivity contribution in [2.45, 2.75) is 17.9 Å². The number of carbonyl (C=O) groups excluding carboxylic acids is 1. The highest BCUT2D eigenvalue weighted by Gasteiger charge is 2.26. The molecule has 21 heavy (non-hydrogen) atoms. The van der Waals surface area contributed by atoms with Crippen LogP contribution >= 0.6 is 0 Å². The highest BCUT2D eigenvalue weighted by molar-refractivity contribution is 7.89. The van der Waals surface area contributed by atoms with Crippen LogP contribution in [0, 0.1) is 10.1 Å². The average molecular weight is 314 g/mol. The number of nitro benzene ring substituents is 1. The lowest BCUT2D eigenvalue weighted by molar-refractivity contribution is -0.384. The van der Waals surface area contributed by atoms with Crippen molar-refractivity contribution < 1.29 is 22.9 Å². The van der Waals surface area contributed by atoms with Gasteiger partial charge in [0.1, 0.15) is 0 Å². The van der Waals surface area contributed by atoms with Gasteiger partial charge in [0, 0.05) is 18.2 Å². The monoisotopic (exact) mass is 314 g/mol. The molecule has 0 bridgehead atoms. The van der Waals surface area contributed by atoms with Gasteiger partial charge in [-0.2, -0.15) is 0 Å². The highest BCUT2D eigenvalue weighted by Crippen LogP contribution is 2.23. The molecule has 0 aliphatic rings. The van der Waals surface area contributed by atoms with E-state index in [0.717, 1.165) is 25.3 Å². The number of hydrogen-bond donors (Lipinski definition) is 1. The molecule has 0 aliphatic carbocycles.